The van der Waals surface area contributed by atoms with Gasteiger partial charge in [-0.25, -0.2) is 0 Å². The van der Waals surface area contributed by atoms with Gasteiger partial charge in [-0.3, -0.25) is 19.6 Å². The maximum atomic E-state index is 12.9. The summed E-state index contributed by atoms with van der Waals surface area (Å²) < 4.78 is 7.33. The van der Waals surface area contributed by atoms with Gasteiger partial charge in [-0.2, -0.15) is 10.2 Å². The van der Waals surface area contributed by atoms with Crippen molar-refractivity contribution in [3.05, 3.63) is 54.0 Å². The molecule has 0 bridgehead atoms. The van der Waals surface area contributed by atoms with Crippen LogP contribution in [0.1, 0.15) is 28.9 Å². The van der Waals surface area contributed by atoms with Crippen molar-refractivity contribution in [2.75, 3.05) is 30.4 Å². The Morgan fingerprint density at radius 1 is 1.24 bits per heavy atom. The van der Waals surface area contributed by atoms with Crippen LogP contribution in [0, 0.1) is 6.92 Å². The second-order valence-electron chi connectivity index (χ2n) is 8.40. The van der Waals surface area contributed by atoms with E-state index < -0.39 is 0 Å². The van der Waals surface area contributed by atoms with Crippen molar-refractivity contribution in [1.29, 1.82) is 0 Å². The predicted octanol–water partition coefficient (Wildman–Crippen LogP) is 3.53. The SMILES string of the molecule is COC1CCCN(c2ccc(C(=O)Nc3n[nH]c4cnc(-c5cnn(C)c5C)cc34)cc2)C1. The van der Waals surface area contributed by atoms with Gasteiger partial charge >= 0.3 is 0 Å². The molecule has 4 heterocycles. The number of methoxy groups -OCH3 is 1. The normalized spacial score (nSPS) is 16.3. The third-order valence-electron chi connectivity index (χ3n) is 6.40. The van der Waals surface area contributed by atoms with Gasteiger partial charge in [0.1, 0.15) is 0 Å². The molecule has 0 spiro atoms. The molecule has 0 radical (unpaired) electrons. The molecule has 1 saturated heterocycles. The number of fused-ring (bicyclic) bond motifs is 1. The van der Waals surface area contributed by atoms with Crippen LogP contribution in [0.25, 0.3) is 22.2 Å². The number of amides is 1. The van der Waals surface area contributed by atoms with Gasteiger partial charge in [0.25, 0.3) is 5.91 Å². The Labute approximate surface area is 191 Å². The third kappa shape index (κ3) is 4.07. The quantitative estimate of drug-likeness (QED) is 0.487. The van der Waals surface area contributed by atoms with Crippen molar-refractivity contribution in [2.45, 2.75) is 25.9 Å². The van der Waals surface area contributed by atoms with E-state index in [-0.39, 0.29) is 12.0 Å². The number of rotatable bonds is 5. The molecular formula is C24H27N7O2. The first-order valence-corrected chi connectivity index (χ1v) is 11.1. The van der Waals surface area contributed by atoms with Crippen LogP contribution in [0.5, 0.6) is 0 Å². The summed E-state index contributed by atoms with van der Waals surface area (Å²) in [4.78, 5) is 19.7. The Hall–Kier alpha value is -3.72. The lowest BCUT2D eigenvalue weighted by Gasteiger charge is -2.33. The van der Waals surface area contributed by atoms with Crippen molar-refractivity contribution < 1.29 is 9.53 Å². The van der Waals surface area contributed by atoms with Crippen LogP contribution in [-0.4, -0.2) is 57.2 Å². The zero-order valence-corrected chi connectivity index (χ0v) is 19.0. The summed E-state index contributed by atoms with van der Waals surface area (Å²) in [5, 5.41) is 15.3. The van der Waals surface area contributed by atoms with E-state index in [0.29, 0.717) is 11.4 Å². The standard InChI is InChI=1S/C24H27N7O2/c1-15-20(12-26-30(15)2)21-11-19-22(13-25-21)28-29-23(19)27-24(32)16-6-8-17(9-7-16)31-10-4-5-18(14-31)33-3/h6-9,11-13,18H,4-5,10,14H2,1-3H3,(H2,27,28,29,32). The number of aromatic nitrogens is 5. The van der Waals surface area contributed by atoms with Crippen LogP contribution >= 0.6 is 0 Å². The number of aryl methyl sites for hydroxylation is 1. The molecule has 33 heavy (non-hydrogen) atoms. The molecule has 1 amide bonds. The van der Waals surface area contributed by atoms with Gasteiger partial charge in [-0.15, -0.1) is 0 Å². The summed E-state index contributed by atoms with van der Waals surface area (Å²) in [5.74, 6) is 0.266. The predicted molar refractivity (Wildman–Crippen MR) is 127 cm³/mol. The minimum Gasteiger partial charge on any atom is -0.380 e. The average Bonchev–Trinajstić information content (AvgIpc) is 3.41. The summed E-state index contributed by atoms with van der Waals surface area (Å²) in [6.07, 6.45) is 5.95. The smallest absolute Gasteiger partial charge is 0.256 e. The average molecular weight is 446 g/mol. The van der Waals surface area contributed by atoms with Crippen molar-refractivity contribution >= 4 is 28.3 Å². The van der Waals surface area contributed by atoms with Crippen LogP contribution in [0.15, 0.2) is 42.7 Å². The number of hydrogen-bond donors (Lipinski definition) is 2. The van der Waals surface area contributed by atoms with Crippen molar-refractivity contribution in [3.63, 3.8) is 0 Å². The first-order chi connectivity index (χ1) is 16.0. The molecule has 1 aliphatic heterocycles. The fraction of sp³-hybridized carbons (Fsp3) is 0.333. The summed E-state index contributed by atoms with van der Waals surface area (Å²) in [6.45, 7) is 3.86. The minimum absolute atomic E-state index is 0.209. The number of piperidine rings is 1. The number of benzene rings is 1. The maximum Gasteiger partial charge on any atom is 0.256 e. The zero-order chi connectivity index (χ0) is 22.9. The Balaban J connectivity index is 1.35. The van der Waals surface area contributed by atoms with E-state index in [9.17, 15) is 4.79 Å². The van der Waals surface area contributed by atoms with Gasteiger partial charge in [0, 0.05) is 55.1 Å². The van der Waals surface area contributed by atoms with Crippen LogP contribution < -0.4 is 10.2 Å². The Morgan fingerprint density at radius 2 is 2.06 bits per heavy atom. The van der Waals surface area contributed by atoms with E-state index in [1.807, 2.05) is 49.0 Å². The van der Waals surface area contributed by atoms with Gasteiger partial charge in [0.2, 0.25) is 0 Å². The lowest BCUT2D eigenvalue weighted by atomic mass is 10.1. The molecule has 1 atom stereocenters. The van der Waals surface area contributed by atoms with Crippen LogP contribution in [0.2, 0.25) is 0 Å². The van der Waals surface area contributed by atoms with E-state index in [4.69, 9.17) is 4.74 Å². The van der Waals surface area contributed by atoms with Crippen LogP contribution in [0.3, 0.4) is 0 Å². The number of carbonyl (C=O) groups excluding carboxylic acids is 1. The highest BCUT2D eigenvalue weighted by atomic mass is 16.5. The molecule has 5 rings (SSSR count). The molecule has 1 aromatic carbocycles. The van der Waals surface area contributed by atoms with Gasteiger partial charge in [-0.1, -0.05) is 0 Å². The molecular weight excluding hydrogens is 418 g/mol. The fourth-order valence-corrected chi connectivity index (χ4v) is 4.28. The molecule has 9 nitrogen and oxygen atoms in total. The lowest BCUT2D eigenvalue weighted by molar-refractivity contribution is 0.0893. The number of pyridine rings is 1. The minimum atomic E-state index is -0.209. The number of hydrogen-bond acceptors (Lipinski definition) is 6. The van der Waals surface area contributed by atoms with Crippen molar-refractivity contribution in [2.24, 2.45) is 7.05 Å². The fourth-order valence-electron chi connectivity index (χ4n) is 4.28. The highest BCUT2D eigenvalue weighted by Gasteiger charge is 2.20. The number of H-pyrrole nitrogens is 1. The van der Waals surface area contributed by atoms with Gasteiger partial charge < -0.3 is 15.0 Å². The molecule has 1 unspecified atom stereocenters. The molecule has 1 fully saturated rings. The first kappa shape index (κ1) is 21.1. The third-order valence-corrected chi connectivity index (χ3v) is 6.40. The molecule has 1 aliphatic rings. The second kappa shape index (κ2) is 8.67. The molecule has 4 aromatic rings. The Kier molecular flexibility index (Phi) is 5.55. The Bertz CT molecular complexity index is 1290. The summed E-state index contributed by atoms with van der Waals surface area (Å²) >= 11 is 0. The number of carbonyl (C=O) groups is 1. The van der Waals surface area contributed by atoms with E-state index in [2.05, 4.69) is 30.5 Å². The molecule has 0 saturated carbocycles. The molecule has 0 aliphatic carbocycles. The summed E-state index contributed by atoms with van der Waals surface area (Å²) in [5.41, 5.74) is 5.17. The number of ether oxygens (including phenoxy) is 1. The lowest BCUT2D eigenvalue weighted by Crippen LogP contribution is -2.39. The monoisotopic (exact) mass is 445 g/mol. The molecule has 3 aromatic heterocycles. The Morgan fingerprint density at radius 3 is 2.79 bits per heavy atom. The van der Waals surface area contributed by atoms with Gasteiger partial charge in [-0.05, 0) is 50.1 Å². The van der Waals surface area contributed by atoms with E-state index in [1.165, 1.54) is 0 Å². The number of nitrogens with zero attached hydrogens (tertiary/aromatic N) is 5. The highest BCUT2D eigenvalue weighted by Crippen LogP contribution is 2.28. The first-order valence-electron chi connectivity index (χ1n) is 11.1. The molecule has 170 valence electrons. The van der Waals surface area contributed by atoms with Gasteiger partial charge in [0.05, 0.1) is 29.7 Å². The van der Waals surface area contributed by atoms with Crippen molar-refractivity contribution in [3.8, 4) is 11.3 Å². The van der Waals surface area contributed by atoms with E-state index >= 15 is 0 Å². The highest BCUT2D eigenvalue weighted by molar-refractivity contribution is 6.08. The van der Waals surface area contributed by atoms with Crippen LogP contribution in [-0.2, 0) is 11.8 Å². The topological polar surface area (TPSA) is 101 Å². The largest absolute Gasteiger partial charge is 0.380 e. The van der Waals surface area contributed by atoms with Crippen molar-refractivity contribution in [1.82, 2.24) is 25.0 Å². The summed E-state index contributed by atoms with van der Waals surface area (Å²) in [7, 11) is 3.66. The molecule has 2 N–H and O–H groups in total. The number of nitrogens with one attached hydrogen (secondary N) is 2. The van der Waals surface area contributed by atoms with E-state index in [1.54, 1.807) is 19.5 Å². The number of anilines is 2. The summed E-state index contributed by atoms with van der Waals surface area (Å²) in [6, 6.07) is 9.60. The number of aromatic amines is 1. The van der Waals surface area contributed by atoms with Crippen LogP contribution in [0.4, 0.5) is 11.5 Å². The maximum absolute atomic E-state index is 12.9. The zero-order valence-electron chi connectivity index (χ0n) is 19.0. The van der Waals surface area contributed by atoms with E-state index in [0.717, 1.165) is 59.5 Å². The van der Waals surface area contributed by atoms with Gasteiger partial charge in [0.15, 0.2) is 5.82 Å². The second-order valence-corrected chi connectivity index (χ2v) is 8.40. The molecule has 9 heteroatoms.